The predicted molar refractivity (Wildman–Crippen MR) is 71.2 cm³/mol. The molecule has 3 amide bonds. The zero-order valence-electron chi connectivity index (χ0n) is 10.9. The van der Waals surface area contributed by atoms with E-state index in [4.69, 9.17) is 15.9 Å². The number of aromatic carboxylic acids is 2. The van der Waals surface area contributed by atoms with E-state index in [0.717, 1.165) is 18.2 Å². The average Bonchev–Trinajstić information content (AvgIpc) is 2.37. The van der Waals surface area contributed by atoms with E-state index in [2.05, 4.69) is 10.6 Å². The summed E-state index contributed by atoms with van der Waals surface area (Å²) in [5.74, 6) is -3.44. The number of hydrogen-bond acceptors (Lipinski definition) is 4. The predicted octanol–water partition coefficient (Wildman–Crippen LogP) is 0.0783. The first-order valence-corrected chi connectivity index (χ1v) is 5.69. The van der Waals surface area contributed by atoms with Gasteiger partial charge in [0.1, 0.15) is 6.04 Å². The first-order chi connectivity index (χ1) is 9.70. The Morgan fingerprint density at radius 3 is 1.90 bits per heavy atom. The molecular weight excluding hydrogens is 282 g/mol. The van der Waals surface area contributed by atoms with E-state index in [1.54, 1.807) is 0 Å². The summed E-state index contributed by atoms with van der Waals surface area (Å²) in [4.78, 5) is 44.2. The van der Waals surface area contributed by atoms with Gasteiger partial charge in [0.15, 0.2) is 0 Å². The first kappa shape index (κ1) is 16.0. The minimum absolute atomic E-state index is 0.0403. The molecular formula is C12H13N3O6. The number of urea groups is 1. The molecule has 9 heteroatoms. The van der Waals surface area contributed by atoms with Crippen molar-refractivity contribution in [2.45, 2.75) is 13.0 Å². The molecule has 0 aromatic heterocycles. The average molecular weight is 295 g/mol. The molecule has 0 bridgehead atoms. The second-order valence-corrected chi connectivity index (χ2v) is 4.13. The maximum absolute atomic E-state index is 11.6. The third-order valence-electron chi connectivity index (χ3n) is 2.46. The number of carboxylic acids is 2. The summed E-state index contributed by atoms with van der Waals surface area (Å²) in [7, 11) is 0. The summed E-state index contributed by atoms with van der Waals surface area (Å²) in [6, 6.07) is 1.37. The number of rotatable bonds is 5. The summed E-state index contributed by atoms with van der Waals surface area (Å²) in [6.07, 6.45) is 0. The summed E-state index contributed by atoms with van der Waals surface area (Å²) in [5.41, 5.74) is 4.33. The van der Waals surface area contributed by atoms with Crippen molar-refractivity contribution in [2.24, 2.45) is 5.73 Å². The quantitative estimate of drug-likeness (QED) is 0.517. The molecule has 0 spiro atoms. The van der Waals surface area contributed by atoms with E-state index in [1.807, 2.05) is 0 Å². The molecule has 0 saturated carbocycles. The van der Waals surface area contributed by atoms with E-state index in [-0.39, 0.29) is 16.8 Å². The summed E-state index contributed by atoms with van der Waals surface area (Å²) >= 11 is 0. The zero-order chi connectivity index (χ0) is 16.2. The largest absolute Gasteiger partial charge is 0.478 e. The van der Waals surface area contributed by atoms with Crippen molar-refractivity contribution in [3.8, 4) is 0 Å². The molecule has 1 aromatic rings. The van der Waals surface area contributed by atoms with Crippen molar-refractivity contribution in [1.82, 2.24) is 5.32 Å². The van der Waals surface area contributed by atoms with Crippen molar-refractivity contribution in [2.75, 3.05) is 5.32 Å². The van der Waals surface area contributed by atoms with Crippen LogP contribution in [0.1, 0.15) is 27.6 Å². The molecule has 1 atom stereocenters. The van der Waals surface area contributed by atoms with Crippen LogP contribution in [0.4, 0.5) is 10.5 Å². The van der Waals surface area contributed by atoms with Crippen LogP contribution in [0.5, 0.6) is 0 Å². The molecule has 6 N–H and O–H groups in total. The van der Waals surface area contributed by atoms with Gasteiger partial charge in [-0.1, -0.05) is 0 Å². The van der Waals surface area contributed by atoms with Gasteiger partial charge in [0.2, 0.25) is 5.91 Å². The molecule has 9 nitrogen and oxygen atoms in total. The van der Waals surface area contributed by atoms with Crippen molar-refractivity contribution in [1.29, 1.82) is 0 Å². The molecule has 0 aliphatic carbocycles. The number of amides is 3. The van der Waals surface area contributed by atoms with Crippen molar-refractivity contribution in [3.05, 3.63) is 29.3 Å². The lowest BCUT2D eigenvalue weighted by Crippen LogP contribution is -2.44. The number of carbonyl (C=O) groups is 4. The molecule has 112 valence electrons. The van der Waals surface area contributed by atoms with Gasteiger partial charge in [-0.2, -0.15) is 0 Å². The maximum Gasteiger partial charge on any atom is 0.335 e. The standard InChI is InChI=1S/C12H13N3O6/c1-5(9(13)16)14-12(21)15-8-3-6(10(17)18)2-7(4-8)11(19)20/h2-5H,1H3,(H2,13,16)(H,17,18)(H,19,20)(H2,14,15,21). The van der Waals surface area contributed by atoms with Crippen LogP contribution in [0.15, 0.2) is 18.2 Å². The number of nitrogens with two attached hydrogens (primary N) is 1. The molecule has 0 aliphatic rings. The van der Waals surface area contributed by atoms with Crippen molar-refractivity contribution < 1.29 is 29.4 Å². The highest BCUT2D eigenvalue weighted by molar-refractivity contribution is 5.98. The number of hydrogen-bond donors (Lipinski definition) is 5. The number of primary amides is 1. The minimum Gasteiger partial charge on any atom is -0.478 e. The zero-order valence-corrected chi connectivity index (χ0v) is 10.9. The van der Waals surface area contributed by atoms with E-state index in [0.29, 0.717) is 0 Å². The number of carboxylic acid groups (broad SMARTS) is 2. The van der Waals surface area contributed by atoms with Crippen LogP contribution in [0.2, 0.25) is 0 Å². The molecule has 1 rings (SSSR count). The molecule has 21 heavy (non-hydrogen) atoms. The summed E-state index contributed by atoms with van der Waals surface area (Å²) in [5, 5.41) is 22.2. The Morgan fingerprint density at radius 1 is 1.05 bits per heavy atom. The number of carbonyl (C=O) groups excluding carboxylic acids is 2. The van der Waals surface area contributed by atoms with E-state index in [9.17, 15) is 19.2 Å². The van der Waals surface area contributed by atoms with Gasteiger partial charge in [0.25, 0.3) is 0 Å². The lowest BCUT2D eigenvalue weighted by Gasteiger charge is -2.12. The van der Waals surface area contributed by atoms with Crippen LogP contribution >= 0.6 is 0 Å². The van der Waals surface area contributed by atoms with Gasteiger partial charge in [-0.25, -0.2) is 14.4 Å². The molecule has 1 aromatic carbocycles. The smallest absolute Gasteiger partial charge is 0.335 e. The fourth-order valence-electron chi connectivity index (χ4n) is 1.38. The lowest BCUT2D eigenvalue weighted by molar-refractivity contribution is -0.119. The van der Waals surface area contributed by atoms with Crippen LogP contribution in [0.25, 0.3) is 0 Å². The Balaban J connectivity index is 2.97. The third kappa shape index (κ3) is 4.49. The topological polar surface area (TPSA) is 159 Å². The lowest BCUT2D eigenvalue weighted by atomic mass is 10.1. The van der Waals surface area contributed by atoms with Gasteiger partial charge in [-0.05, 0) is 25.1 Å². The highest BCUT2D eigenvalue weighted by atomic mass is 16.4. The maximum atomic E-state index is 11.6. The fraction of sp³-hybridized carbons (Fsp3) is 0.167. The van der Waals surface area contributed by atoms with E-state index >= 15 is 0 Å². The molecule has 0 heterocycles. The Hall–Kier alpha value is -3.10. The summed E-state index contributed by atoms with van der Waals surface area (Å²) < 4.78 is 0. The second kappa shape index (κ2) is 6.37. The third-order valence-corrected chi connectivity index (χ3v) is 2.46. The fourth-order valence-corrected chi connectivity index (χ4v) is 1.38. The van der Waals surface area contributed by atoms with Gasteiger partial charge < -0.3 is 26.6 Å². The van der Waals surface area contributed by atoms with Gasteiger partial charge in [0.05, 0.1) is 11.1 Å². The van der Waals surface area contributed by atoms with Gasteiger partial charge >= 0.3 is 18.0 Å². The van der Waals surface area contributed by atoms with Gasteiger partial charge in [-0.15, -0.1) is 0 Å². The van der Waals surface area contributed by atoms with Gasteiger partial charge in [0, 0.05) is 5.69 Å². The Morgan fingerprint density at radius 2 is 1.52 bits per heavy atom. The van der Waals surface area contributed by atoms with Crippen molar-refractivity contribution in [3.63, 3.8) is 0 Å². The first-order valence-electron chi connectivity index (χ1n) is 5.69. The number of anilines is 1. The molecule has 0 saturated heterocycles. The molecule has 0 fully saturated rings. The van der Waals surface area contributed by atoms with Crippen LogP contribution in [0.3, 0.4) is 0 Å². The second-order valence-electron chi connectivity index (χ2n) is 4.13. The van der Waals surface area contributed by atoms with Crippen molar-refractivity contribution >= 4 is 29.6 Å². The molecule has 0 radical (unpaired) electrons. The van der Waals surface area contributed by atoms with E-state index < -0.39 is 29.9 Å². The number of benzene rings is 1. The normalized spacial score (nSPS) is 11.3. The Kier molecular flexibility index (Phi) is 4.84. The van der Waals surface area contributed by atoms with Gasteiger partial charge in [-0.3, -0.25) is 4.79 Å². The van der Waals surface area contributed by atoms with Crippen LogP contribution in [-0.4, -0.2) is 40.1 Å². The number of nitrogens with one attached hydrogen (secondary N) is 2. The monoisotopic (exact) mass is 295 g/mol. The van der Waals surface area contributed by atoms with E-state index in [1.165, 1.54) is 6.92 Å². The van der Waals surface area contributed by atoms with Crippen LogP contribution in [0, 0.1) is 0 Å². The van der Waals surface area contributed by atoms with Crippen LogP contribution in [-0.2, 0) is 4.79 Å². The highest BCUT2D eigenvalue weighted by Gasteiger charge is 2.15. The highest BCUT2D eigenvalue weighted by Crippen LogP contribution is 2.15. The Labute approximate surface area is 118 Å². The Bertz CT molecular complexity index is 581. The SMILES string of the molecule is CC(NC(=O)Nc1cc(C(=O)O)cc(C(=O)O)c1)C(N)=O. The summed E-state index contributed by atoms with van der Waals surface area (Å²) in [6.45, 7) is 1.36. The molecule has 0 aliphatic heterocycles. The van der Waals surface area contributed by atoms with Crippen LogP contribution < -0.4 is 16.4 Å². The minimum atomic E-state index is -1.34. The molecule has 1 unspecified atom stereocenters.